The van der Waals surface area contributed by atoms with Crippen LogP contribution in [0.4, 0.5) is 0 Å². The summed E-state index contributed by atoms with van der Waals surface area (Å²) in [5.74, 6) is 0.541. The van der Waals surface area contributed by atoms with E-state index in [2.05, 4.69) is 5.32 Å². The maximum atomic E-state index is 11.0. The van der Waals surface area contributed by atoms with E-state index < -0.39 is 6.04 Å². The standard InChI is InChI=1S/C7H12N2O2S/c1-4(8)6(10)9-5-2-3-12-7(5)11/h4-5H,2-3,8H2,1H3,(H,9,10)/t4-,5-/m0/s1. The normalized spacial score (nSPS) is 25.5. The summed E-state index contributed by atoms with van der Waals surface area (Å²) in [7, 11) is 0. The van der Waals surface area contributed by atoms with Crippen LogP contribution in [0.5, 0.6) is 0 Å². The quantitative estimate of drug-likeness (QED) is 0.611. The first kappa shape index (κ1) is 9.54. The molecule has 4 nitrogen and oxygen atoms in total. The molecule has 68 valence electrons. The number of rotatable bonds is 2. The third kappa shape index (κ3) is 2.22. The molecular weight excluding hydrogens is 176 g/mol. The van der Waals surface area contributed by atoms with Gasteiger partial charge in [0.25, 0.3) is 0 Å². The van der Waals surface area contributed by atoms with Crippen LogP contribution in [0.1, 0.15) is 13.3 Å². The maximum Gasteiger partial charge on any atom is 0.237 e. The van der Waals surface area contributed by atoms with Gasteiger partial charge in [-0.25, -0.2) is 0 Å². The van der Waals surface area contributed by atoms with Gasteiger partial charge >= 0.3 is 0 Å². The molecule has 0 radical (unpaired) electrons. The smallest absolute Gasteiger partial charge is 0.237 e. The predicted molar refractivity (Wildman–Crippen MR) is 47.7 cm³/mol. The van der Waals surface area contributed by atoms with Crippen LogP contribution in [-0.2, 0) is 9.59 Å². The van der Waals surface area contributed by atoms with Gasteiger partial charge in [0.05, 0.1) is 12.1 Å². The van der Waals surface area contributed by atoms with Gasteiger partial charge in [0.1, 0.15) is 0 Å². The lowest BCUT2D eigenvalue weighted by atomic mass is 10.2. The zero-order valence-corrected chi connectivity index (χ0v) is 7.69. The molecule has 0 aromatic heterocycles. The number of nitrogens with two attached hydrogens (primary N) is 1. The zero-order valence-electron chi connectivity index (χ0n) is 6.87. The highest BCUT2D eigenvalue weighted by Gasteiger charge is 2.27. The van der Waals surface area contributed by atoms with E-state index in [1.807, 2.05) is 0 Å². The zero-order chi connectivity index (χ0) is 9.14. The van der Waals surface area contributed by atoms with Crippen LogP contribution in [0.25, 0.3) is 0 Å². The monoisotopic (exact) mass is 188 g/mol. The fraction of sp³-hybridized carbons (Fsp3) is 0.714. The van der Waals surface area contributed by atoms with Crippen LogP contribution in [0, 0.1) is 0 Å². The second-order valence-corrected chi connectivity index (χ2v) is 3.91. The van der Waals surface area contributed by atoms with E-state index in [9.17, 15) is 9.59 Å². The summed E-state index contributed by atoms with van der Waals surface area (Å²) in [6.45, 7) is 1.60. The van der Waals surface area contributed by atoms with Gasteiger partial charge in [-0.1, -0.05) is 11.8 Å². The highest BCUT2D eigenvalue weighted by molar-refractivity contribution is 8.14. The molecule has 0 aromatic rings. The topological polar surface area (TPSA) is 72.2 Å². The Kier molecular flexibility index (Phi) is 3.11. The molecule has 0 spiro atoms. The minimum atomic E-state index is -0.539. The van der Waals surface area contributed by atoms with E-state index in [1.165, 1.54) is 11.8 Å². The van der Waals surface area contributed by atoms with E-state index in [0.29, 0.717) is 0 Å². The molecule has 0 bridgehead atoms. The molecule has 0 aromatic carbocycles. The summed E-state index contributed by atoms with van der Waals surface area (Å²) >= 11 is 1.26. The van der Waals surface area contributed by atoms with Crippen LogP contribution in [0.2, 0.25) is 0 Å². The molecular formula is C7H12N2O2S. The second-order valence-electron chi connectivity index (χ2n) is 2.81. The molecule has 0 unspecified atom stereocenters. The molecule has 5 heteroatoms. The molecule has 1 aliphatic rings. The van der Waals surface area contributed by atoms with Crippen molar-refractivity contribution in [3.8, 4) is 0 Å². The third-order valence-electron chi connectivity index (χ3n) is 1.67. The van der Waals surface area contributed by atoms with Crippen LogP contribution in [0.3, 0.4) is 0 Å². The Balaban J connectivity index is 2.40. The van der Waals surface area contributed by atoms with E-state index >= 15 is 0 Å². The minimum absolute atomic E-state index is 0.0454. The van der Waals surface area contributed by atoms with Crippen molar-refractivity contribution in [1.29, 1.82) is 0 Å². The van der Waals surface area contributed by atoms with Crippen molar-refractivity contribution < 1.29 is 9.59 Å². The first-order valence-corrected chi connectivity index (χ1v) is 4.82. The minimum Gasteiger partial charge on any atom is -0.344 e. The summed E-state index contributed by atoms with van der Waals surface area (Å²) in [6.07, 6.45) is 0.724. The van der Waals surface area contributed by atoms with E-state index in [4.69, 9.17) is 5.73 Å². The number of hydrogen-bond donors (Lipinski definition) is 2. The SMILES string of the molecule is C[C@H](N)C(=O)N[C@H]1CCSC1=O. The summed E-state index contributed by atoms with van der Waals surface area (Å²) in [5.41, 5.74) is 5.33. The Hall–Kier alpha value is -0.550. The lowest BCUT2D eigenvalue weighted by Gasteiger charge is -2.11. The molecule has 1 rings (SSSR count). The van der Waals surface area contributed by atoms with Gasteiger partial charge < -0.3 is 11.1 Å². The van der Waals surface area contributed by atoms with Gasteiger partial charge in [0.2, 0.25) is 11.0 Å². The van der Waals surface area contributed by atoms with Crippen LogP contribution >= 0.6 is 11.8 Å². The van der Waals surface area contributed by atoms with Gasteiger partial charge in [-0.15, -0.1) is 0 Å². The van der Waals surface area contributed by atoms with Gasteiger partial charge in [0.15, 0.2) is 0 Å². The number of carbonyl (C=O) groups excluding carboxylic acids is 2. The van der Waals surface area contributed by atoms with E-state index in [0.717, 1.165) is 12.2 Å². The van der Waals surface area contributed by atoms with Crippen molar-refractivity contribution >= 4 is 22.8 Å². The predicted octanol–water partition coefficient (Wildman–Crippen LogP) is -0.518. The molecule has 0 aliphatic carbocycles. The molecule has 1 saturated heterocycles. The Morgan fingerprint density at radius 2 is 2.50 bits per heavy atom. The van der Waals surface area contributed by atoms with Gasteiger partial charge in [0, 0.05) is 5.75 Å². The highest BCUT2D eigenvalue weighted by atomic mass is 32.2. The summed E-state index contributed by atoms with van der Waals surface area (Å²) in [5, 5.41) is 2.64. The molecule has 1 fully saturated rings. The van der Waals surface area contributed by atoms with Gasteiger partial charge in [-0.05, 0) is 13.3 Å². The summed E-state index contributed by atoms with van der Waals surface area (Å²) < 4.78 is 0. The molecule has 1 aliphatic heterocycles. The number of thioether (sulfide) groups is 1. The Labute approximate surface area is 75.3 Å². The molecule has 2 atom stereocenters. The number of carbonyl (C=O) groups is 2. The summed E-state index contributed by atoms with van der Waals surface area (Å²) in [4.78, 5) is 22.1. The number of nitrogens with one attached hydrogen (secondary N) is 1. The molecule has 12 heavy (non-hydrogen) atoms. The second kappa shape index (κ2) is 3.91. The fourth-order valence-corrected chi connectivity index (χ4v) is 1.86. The third-order valence-corrected chi connectivity index (χ3v) is 2.67. The van der Waals surface area contributed by atoms with Crippen molar-refractivity contribution in [2.45, 2.75) is 25.4 Å². The maximum absolute atomic E-state index is 11.0. The van der Waals surface area contributed by atoms with Gasteiger partial charge in [-0.3, -0.25) is 9.59 Å². The lowest BCUT2D eigenvalue weighted by molar-refractivity contribution is -0.125. The average Bonchev–Trinajstić information content (AvgIpc) is 2.36. The number of hydrogen-bond acceptors (Lipinski definition) is 4. The molecule has 1 heterocycles. The largest absolute Gasteiger partial charge is 0.344 e. The average molecular weight is 188 g/mol. The Morgan fingerprint density at radius 1 is 1.83 bits per heavy atom. The van der Waals surface area contributed by atoms with Crippen molar-refractivity contribution in [3.63, 3.8) is 0 Å². The van der Waals surface area contributed by atoms with Crippen LogP contribution in [-0.4, -0.2) is 28.9 Å². The summed E-state index contributed by atoms with van der Waals surface area (Å²) in [6, 6.07) is -0.850. The number of amides is 1. The van der Waals surface area contributed by atoms with Crippen LogP contribution < -0.4 is 11.1 Å². The van der Waals surface area contributed by atoms with E-state index in [-0.39, 0.29) is 17.1 Å². The van der Waals surface area contributed by atoms with Gasteiger partial charge in [-0.2, -0.15) is 0 Å². The van der Waals surface area contributed by atoms with E-state index in [1.54, 1.807) is 6.92 Å². The fourth-order valence-electron chi connectivity index (χ4n) is 0.930. The molecule has 3 N–H and O–H groups in total. The Bertz CT molecular complexity index is 206. The molecule has 0 saturated carbocycles. The first-order valence-electron chi connectivity index (χ1n) is 3.84. The Morgan fingerprint density at radius 3 is 2.92 bits per heavy atom. The molecule has 1 amide bonds. The lowest BCUT2D eigenvalue weighted by Crippen LogP contribution is -2.45. The van der Waals surface area contributed by atoms with Crippen molar-refractivity contribution in [3.05, 3.63) is 0 Å². The van der Waals surface area contributed by atoms with Crippen molar-refractivity contribution in [2.24, 2.45) is 5.73 Å². The highest BCUT2D eigenvalue weighted by Crippen LogP contribution is 2.19. The first-order chi connectivity index (χ1) is 5.61. The van der Waals surface area contributed by atoms with Crippen molar-refractivity contribution in [1.82, 2.24) is 5.32 Å². The van der Waals surface area contributed by atoms with Crippen LogP contribution in [0.15, 0.2) is 0 Å². The van der Waals surface area contributed by atoms with Crippen molar-refractivity contribution in [2.75, 3.05) is 5.75 Å².